The van der Waals surface area contributed by atoms with E-state index in [1.807, 2.05) is 23.4 Å². The van der Waals surface area contributed by atoms with Crippen molar-refractivity contribution in [2.75, 3.05) is 11.5 Å². The summed E-state index contributed by atoms with van der Waals surface area (Å²) in [6.45, 7) is 0.437. The minimum atomic E-state index is 0.437. The quantitative estimate of drug-likeness (QED) is 0.876. The van der Waals surface area contributed by atoms with Crippen molar-refractivity contribution in [3.05, 3.63) is 35.7 Å². The van der Waals surface area contributed by atoms with Crippen LogP contribution in [-0.2, 0) is 13.6 Å². The number of nitrogens with two attached hydrogens (primary N) is 1. The van der Waals surface area contributed by atoms with Gasteiger partial charge in [-0.3, -0.25) is 0 Å². The van der Waals surface area contributed by atoms with E-state index in [4.69, 9.17) is 5.73 Å². The van der Waals surface area contributed by atoms with Gasteiger partial charge in [0, 0.05) is 29.4 Å². The molecule has 0 radical (unpaired) electrons. The molecule has 1 unspecified atom stereocenters. The van der Waals surface area contributed by atoms with Crippen molar-refractivity contribution >= 4 is 23.5 Å². The van der Waals surface area contributed by atoms with E-state index in [0.29, 0.717) is 12.5 Å². The lowest BCUT2D eigenvalue weighted by molar-refractivity contribution is 0.733. The molecule has 1 atom stereocenters. The zero-order valence-corrected chi connectivity index (χ0v) is 12.4. The Bertz CT molecular complexity index is 582. The fourth-order valence-electron chi connectivity index (χ4n) is 2.19. The third-order valence-corrected chi connectivity index (χ3v) is 5.75. The van der Waals surface area contributed by atoms with Gasteiger partial charge in [0.25, 0.3) is 0 Å². The predicted octanol–water partition coefficient (Wildman–Crippen LogP) is 2.26. The maximum absolute atomic E-state index is 5.61. The van der Waals surface area contributed by atoms with E-state index in [0.717, 1.165) is 22.5 Å². The van der Waals surface area contributed by atoms with Crippen LogP contribution in [0.3, 0.4) is 0 Å². The van der Waals surface area contributed by atoms with Gasteiger partial charge >= 0.3 is 0 Å². The van der Waals surface area contributed by atoms with Crippen LogP contribution in [0.5, 0.6) is 0 Å². The van der Waals surface area contributed by atoms with E-state index < -0.39 is 0 Å². The van der Waals surface area contributed by atoms with Crippen molar-refractivity contribution in [1.29, 1.82) is 0 Å². The van der Waals surface area contributed by atoms with Crippen LogP contribution in [0, 0.1) is 0 Å². The number of benzene rings is 1. The van der Waals surface area contributed by atoms with Crippen LogP contribution in [0.1, 0.15) is 17.3 Å². The molecule has 1 aliphatic rings. The van der Waals surface area contributed by atoms with E-state index in [2.05, 4.69) is 34.5 Å². The Labute approximate surface area is 121 Å². The molecule has 4 nitrogen and oxygen atoms in total. The molecule has 3 rings (SSSR count). The second-order valence-electron chi connectivity index (χ2n) is 4.52. The minimum Gasteiger partial charge on any atom is -0.324 e. The van der Waals surface area contributed by atoms with Crippen LogP contribution < -0.4 is 5.73 Å². The van der Waals surface area contributed by atoms with Gasteiger partial charge in [-0.15, -0.1) is 22.0 Å². The van der Waals surface area contributed by atoms with E-state index >= 15 is 0 Å². The number of thioether (sulfide) groups is 2. The van der Waals surface area contributed by atoms with Gasteiger partial charge in [-0.25, -0.2) is 0 Å². The second kappa shape index (κ2) is 5.56. The Hall–Kier alpha value is -0.980. The smallest absolute Gasteiger partial charge is 0.191 e. The summed E-state index contributed by atoms with van der Waals surface area (Å²) >= 11 is 3.71. The Morgan fingerprint density at radius 1 is 1.42 bits per heavy atom. The van der Waals surface area contributed by atoms with Crippen molar-refractivity contribution in [2.24, 2.45) is 12.8 Å². The zero-order valence-electron chi connectivity index (χ0n) is 10.7. The fraction of sp³-hybridized carbons (Fsp3) is 0.385. The van der Waals surface area contributed by atoms with Gasteiger partial charge in [-0.1, -0.05) is 30.0 Å². The van der Waals surface area contributed by atoms with Crippen molar-refractivity contribution < 1.29 is 0 Å². The molecule has 1 aromatic carbocycles. The molecule has 2 aromatic rings. The highest BCUT2D eigenvalue weighted by Crippen LogP contribution is 2.41. The van der Waals surface area contributed by atoms with E-state index in [-0.39, 0.29) is 0 Å². The topological polar surface area (TPSA) is 56.7 Å². The number of aromatic nitrogens is 3. The molecule has 0 saturated carbocycles. The van der Waals surface area contributed by atoms with Crippen LogP contribution in [0.25, 0.3) is 0 Å². The highest BCUT2D eigenvalue weighted by Gasteiger charge is 2.23. The fourth-order valence-corrected chi connectivity index (χ4v) is 4.64. The Morgan fingerprint density at radius 2 is 2.26 bits per heavy atom. The molecule has 0 fully saturated rings. The Kier molecular flexibility index (Phi) is 3.81. The highest BCUT2D eigenvalue weighted by atomic mass is 32.2. The molecule has 0 saturated heterocycles. The molecular weight excluding hydrogens is 276 g/mol. The van der Waals surface area contributed by atoms with Gasteiger partial charge in [-0.2, -0.15) is 0 Å². The standard InChI is InChI=1S/C13H16N4S2/c1-17-12(6-14)15-16-13(17)19-8-9-7-18-11-5-3-2-4-10(9)11/h2-5,9H,6-8,14H2,1H3. The van der Waals surface area contributed by atoms with E-state index in [9.17, 15) is 0 Å². The molecule has 6 heteroatoms. The van der Waals surface area contributed by atoms with Crippen LogP contribution >= 0.6 is 23.5 Å². The maximum Gasteiger partial charge on any atom is 0.191 e. The highest BCUT2D eigenvalue weighted by molar-refractivity contribution is 8.00. The van der Waals surface area contributed by atoms with Crippen molar-refractivity contribution in [3.8, 4) is 0 Å². The summed E-state index contributed by atoms with van der Waals surface area (Å²) in [7, 11) is 1.97. The van der Waals surface area contributed by atoms with Gasteiger partial charge in [0.05, 0.1) is 6.54 Å². The van der Waals surface area contributed by atoms with Crippen LogP contribution in [0.4, 0.5) is 0 Å². The lowest BCUT2D eigenvalue weighted by atomic mass is 10.0. The Balaban J connectivity index is 1.69. The molecule has 1 aliphatic heterocycles. The van der Waals surface area contributed by atoms with E-state index in [1.165, 1.54) is 10.5 Å². The van der Waals surface area contributed by atoms with E-state index in [1.54, 1.807) is 11.8 Å². The number of nitrogens with zero attached hydrogens (tertiary/aromatic N) is 3. The Morgan fingerprint density at radius 3 is 3.05 bits per heavy atom. The summed E-state index contributed by atoms with van der Waals surface area (Å²) in [5.74, 6) is 3.64. The third kappa shape index (κ3) is 2.52. The summed E-state index contributed by atoms with van der Waals surface area (Å²) in [5.41, 5.74) is 7.08. The predicted molar refractivity (Wildman–Crippen MR) is 79.5 cm³/mol. The van der Waals surface area contributed by atoms with Crippen molar-refractivity contribution in [1.82, 2.24) is 14.8 Å². The molecule has 2 heterocycles. The normalized spacial score (nSPS) is 17.7. The summed E-state index contributed by atoms with van der Waals surface area (Å²) < 4.78 is 1.98. The molecule has 1 aromatic heterocycles. The SMILES string of the molecule is Cn1c(CN)nnc1SCC1CSc2ccccc21. The van der Waals surface area contributed by atoms with Crippen LogP contribution in [-0.4, -0.2) is 26.3 Å². The number of hydrogen-bond acceptors (Lipinski definition) is 5. The average Bonchev–Trinajstić information content (AvgIpc) is 3.00. The first-order chi connectivity index (χ1) is 9.29. The number of fused-ring (bicyclic) bond motifs is 1. The first kappa shape index (κ1) is 13.0. The van der Waals surface area contributed by atoms with Crippen molar-refractivity contribution in [2.45, 2.75) is 22.5 Å². The molecule has 0 aliphatic carbocycles. The first-order valence-corrected chi connectivity index (χ1v) is 8.19. The summed E-state index contributed by atoms with van der Waals surface area (Å²) in [5, 5.41) is 9.23. The lowest BCUT2D eigenvalue weighted by Gasteiger charge is -2.09. The second-order valence-corrected chi connectivity index (χ2v) is 6.57. The summed E-state index contributed by atoms with van der Waals surface area (Å²) in [6.07, 6.45) is 0. The minimum absolute atomic E-state index is 0.437. The summed E-state index contributed by atoms with van der Waals surface area (Å²) in [6, 6.07) is 8.68. The van der Waals surface area contributed by atoms with Gasteiger partial charge < -0.3 is 10.3 Å². The zero-order chi connectivity index (χ0) is 13.2. The molecule has 2 N–H and O–H groups in total. The molecule has 0 amide bonds. The van der Waals surface area contributed by atoms with Gasteiger partial charge in [0.2, 0.25) is 0 Å². The third-order valence-electron chi connectivity index (χ3n) is 3.32. The van der Waals surface area contributed by atoms with Crippen molar-refractivity contribution in [3.63, 3.8) is 0 Å². The number of hydrogen-bond donors (Lipinski definition) is 1. The number of rotatable bonds is 4. The first-order valence-electron chi connectivity index (χ1n) is 6.22. The monoisotopic (exact) mass is 292 g/mol. The van der Waals surface area contributed by atoms with Crippen LogP contribution in [0.15, 0.2) is 34.3 Å². The lowest BCUT2D eigenvalue weighted by Crippen LogP contribution is -2.06. The average molecular weight is 292 g/mol. The van der Waals surface area contributed by atoms with Gasteiger partial charge in [0.1, 0.15) is 5.82 Å². The van der Waals surface area contributed by atoms with Crippen LogP contribution in [0.2, 0.25) is 0 Å². The molecule has 0 spiro atoms. The largest absolute Gasteiger partial charge is 0.324 e. The summed E-state index contributed by atoms with van der Waals surface area (Å²) in [4.78, 5) is 1.42. The van der Waals surface area contributed by atoms with Gasteiger partial charge in [-0.05, 0) is 11.6 Å². The van der Waals surface area contributed by atoms with Gasteiger partial charge in [0.15, 0.2) is 5.16 Å². The molecular formula is C13H16N4S2. The molecule has 0 bridgehead atoms. The maximum atomic E-state index is 5.61. The molecule has 100 valence electrons. The molecule has 19 heavy (non-hydrogen) atoms.